The summed E-state index contributed by atoms with van der Waals surface area (Å²) in [6.45, 7) is 14.3. The number of hydrogen-bond acceptors (Lipinski definition) is 7. The van der Waals surface area contributed by atoms with Gasteiger partial charge in [0.15, 0.2) is 0 Å². The van der Waals surface area contributed by atoms with E-state index in [9.17, 15) is 4.79 Å². The molecule has 0 saturated heterocycles. The van der Waals surface area contributed by atoms with Crippen molar-refractivity contribution in [3.05, 3.63) is 90.5 Å². The van der Waals surface area contributed by atoms with Crippen molar-refractivity contribution in [3.63, 3.8) is 0 Å². The Morgan fingerprint density at radius 1 is 0.717 bits per heavy atom. The molecule has 8 heteroatoms. The van der Waals surface area contributed by atoms with E-state index in [4.69, 9.17) is 28.1 Å². The van der Waals surface area contributed by atoms with Gasteiger partial charge >= 0.3 is 5.97 Å². The van der Waals surface area contributed by atoms with E-state index in [0.717, 1.165) is 43.4 Å². The minimum Gasteiger partial charge on any atom is -0.497 e. The van der Waals surface area contributed by atoms with E-state index in [2.05, 4.69) is 93.6 Å². The molecule has 3 aromatic carbocycles. The van der Waals surface area contributed by atoms with Crippen LogP contribution in [0, 0.1) is 35.0 Å². The molecule has 8 atom stereocenters. The Morgan fingerprint density at radius 3 is 1.87 bits per heavy atom. The van der Waals surface area contributed by atoms with Crippen LogP contribution in [0.5, 0.6) is 5.75 Å². The zero-order valence-corrected chi connectivity index (χ0v) is 34.2. The standard InChI is InChI=1S/C45H62O7Si/c1-44(2,3)43(46)51-33-25-37-39-28-42(52-53(45(4,5)6,34-15-11-9-12-16-34)35-17-13-10-14-18-35)36(38(39)27-41(40(37)26-33)50-30-47-7)23-24-49-29-31-19-21-32(48-8)22-20-31/h9-22,33,36-42H,23-30H2,1-8H3/t33-,36-,37-,38-,39-,40-,41-,42-/m0/s1. The molecule has 6 rings (SSSR count). The second kappa shape index (κ2) is 16.8. The monoisotopic (exact) mass is 742 g/mol. The second-order valence-corrected chi connectivity index (χ2v) is 21.9. The van der Waals surface area contributed by atoms with Gasteiger partial charge in [-0.25, -0.2) is 0 Å². The SMILES string of the molecule is COCO[C@H]1C[C@@H]2[C@@H](C[C@H](O[Si](c3ccccc3)(c3ccccc3)C(C)(C)C)[C@H]2CCOCc2ccc(OC)cc2)[C@@H]2C[C@H](OC(=O)C(C)(C)C)C[C@@H]21. The summed E-state index contributed by atoms with van der Waals surface area (Å²) in [6, 6.07) is 30.1. The van der Waals surface area contributed by atoms with E-state index in [1.807, 2.05) is 32.9 Å². The highest BCUT2D eigenvalue weighted by molar-refractivity contribution is 6.99. The number of fused-ring (bicyclic) bond motifs is 3. The van der Waals surface area contributed by atoms with Crippen LogP contribution in [-0.4, -0.2) is 60.2 Å². The molecule has 0 N–H and O–H groups in total. The van der Waals surface area contributed by atoms with Gasteiger partial charge in [-0.15, -0.1) is 0 Å². The van der Waals surface area contributed by atoms with Crippen LogP contribution < -0.4 is 15.1 Å². The average Bonchev–Trinajstić information content (AvgIpc) is 3.72. The number of ether oxygens (including phenoxy) is 5. The highest BCUT2D eigenvalue weighted by atomic mass is 28.4. The molecule has 0 aromatic heterocycles. The van der Waals surface area contributed by atoms with E-state index in [1.54, 1.807) is 14.2 Å². The fourth-order valence-corrected chi connectivity index (χ4v) is 14.6. The molecule has 0 heterocycles. The third kappa shape index (κ3) is 8.62. The Balaban J connectivity index is 1.34. The summed E-state index contributed by atoms with van der Waals surface area (Å²) in [5.74, 6) is 2.52. The second-order valence-electron chi connectivity index (χ2n) is 17.7. The molecule has 7 nitrogen and oxygen atoms in total. The first-order chi connectivity index (χ1) is 25.4. The van der Waals surface area contributed by atoms with Gasteiger partial charge < -0.3 is 28.1 Å². The van der Waals surface area contributed by atoms with E-state index in [1.165, 1.54) is 10.4 Å². The maximum absolute atomic E-state index is 13.1. The van der Waals surface area contributed by atoms with Gasteiger partial charge in [-0.2, -0.15) is 0 Å². The molecular formula is C45H62O7Si. The lowest BCUT2D eigenvalue weighted by atomic mass is 9.66. The maximum atomic E-state index is 13.1. The molecule has 3 aliphatic rings. The molecule has 3 saturated carbocycles. The molecule has 3 fully saturated rings. The Morgan fingerprint density at radius 2 is 1.30 bits per heavy atom. The topological polar surface area (TPSA) is 72.5 Å². The summed E-state index contributed by atoms with van der Waals surface area (Å²) in [7, 11) is 0.550. The largest absolute Gasteiger partial charge is 0.497 e. The maximum Gasteiger partial charge on any atom is 0.311 e. The first kappa shape index (κ1) is 39.7. The highest BCUT2D eigenvalue weighted by Gasteiger charge is 2.60. The molecular weight excluding hydrogens is 681 g/mol. The minimum absolute atomic E-state index is 0.0360. The quantitative estimate of drug-likeness (QED) is 0.0715. The Kier molecular flexibility index (Phi) is 12.6. The van der Waals surface area contributed by atoms with Crippen molar-refractivity contribution in [1.29, 1.82) is 0 Å². The van der Waals surface area contributed by atoms with E-state index < -0.39 is 13.7 Å². The molecule has 0 amide bonds. The van der Waals surface area contributed by atoms with Crippen molar-refractivity contribution in [2.75, 3.05) is 27.6 Å². The molecule has 0 unspecified atom stereocenters. The van der Waals surface area contributed by atoms with Gasteiger partial charge in [-0.3, -0.25) is 4.79 Å². The normalized spacial score (nSPS) is 27.2. The number of benzene rings is 3. The van der Waals surface area contributed by atoms with Crippen molar-refractivity contribution in [2.24, 2.45) is 35.0 Å². The molecule has 0 radical (unpaired) electrons. The number of rotatable bonds is 14. The third-order valence-corrected chi connectivity index (χ3v) is 17.3. The molecule has 3 aromatic rings. The molecule has 0 bridgehead atoms. The van der Waals surface area contributed by atoms with Crippen LogP contribution in [0.25, 0.3) is 0 Å². The predicted octanol–water partition coefficient (Wildman–Crippen LogP) is 8.18. The summed E-state index contributed by atoms with van der Waals surface area (Å²) in [5, 5.41) is 2.47. The lowest BCUT2D eigenvalue weighted by Crippen LogP contribution is -2.68. The van der Waals surface area contributed by atoms with Crippen molar-refractivity contribution >= 4 is 24.7 Å². The number of carbonyl (C=O) groups excluding carboxylic acids is 1. The smallest absolute Gasteiger partial charge is 0.311 e. The molecule has 0 aliphatic heterocycles. The summed E-state index contributed by atoms with van der Waals surface area (Å²) in [6.07, 6.45) is 4.50. The Hall–Kier alpha value is -3.01. The highest BCUT2D eigenvalue weighted by Crippen LogP contribution is 2.59. The number of carbonyl (C=O) groups is 1. The van der Waals surface area contributed by atoms with Crippen LogP contribution in [0.15, 0.2) is 84.9 Å². The predicted molar refractivity (Wildman–Crippen MR) is 212 cm³/mol. The van der Waals surface area contributed by atoms with Crippen molar-refractivity contribution in [3.8, 4) is 5.75 Å². The lowest BCUT2D eigenvalue weighted by molar-refractivity contribution is -0.158. The summed E-state index contributed by atoms with van der Waals surface area (Å²) < 4.78 is 38.0. The molecule has 288 valence electrons. The van der Waals surface area contributed by atoms with Crippen molar-refractivity contribution < 1.29 is 32.9 Å². The minimum atomic E-state index is -2.83. The van der Waals surface area contributed by atoms with E-state index in [-0.39, 0.29) is 42.0 Å². The van der Waals surface area contributed by atoms with Crippen LogP contribution in [0.1, 0.15) is 79.2 Å². The van der Waals surface area contributed by atoms with Gasteiger partial charge in [0.05, 0.1) is 25.2 Å². The van der Waals surface area contributed by atoms with Crippen LogP contribution in [0.3, 0.4) is 0 Å². The number of hydrogen-bond donors (Lipinski definition) is 0. The molecule has 53 heavy (non-hydrogen) atoms. The van der Waals surface area contributed by atoms with Crippen LogP contribution in [0.4, 0.5) is 0 Å². The average molecular weight is 743 g/mol. The third-order valence-electron chi connectivity index (χ3n) is 12.3. The van der Waals surface area contributed by atoms with E-state index in [0.29, 0.717) is 36.9 Å². The first-order valence-corrected chi connectivity index (χ1v) is 21.6. The van der Waals surface area contributed by atoms with Gasteiger partial charge in [0.2, 0.25) is 0 Å². The first-order valence-electron chi connectivity index (χ1n) is 19.7. The van der Waals surface area contributed by atoms with Crippen molar-refractivity contribution in [2.45, 2.75) is 104 Å². The van der Waals surface area contributed by atoms with Crippen LogP contribution in [0.2, 0.25) is 5.04 Å². The van der Waals surface area contributed by atoms with Crippen LogP contribution >= 0.6 is 0 Å². The van der Waals surface area contributed by atoms with Crippen molar-refractivity contribution in [1.82, 2.24) is 0 Å². The summed E-state index contributed by atoms with van der Waals surface area (Å²) in [5.41, 5.74) is 0.590. The number of esters is 1. The van der Waals surface area contributed by atoms with Gasteiger partial charge in [0, 0.05) is 19.8 Å². The zero-order valence-electron chi connectivity index (χ0n) is 33.2. The summed E-state index contributed by atoms with van der Waals surface area (Å²) >= 11 is 0. The van der Waals surface area contributed by atoms with Gasteiger partial charge in [0.25, 0.3) is 8.32 Å². The zero-order chi connectivity index (χ0) is 37.8. The van der Waals surface area contributed by atoms with Crippen LogP contribution in [-0.2, 0) is 34.8 Å². The fraction of sp³-hybridized carbons (Fsp3) is 0.578. The Bertz CT molecular complexity index is 1560. The fourth-order valence-electron chi connectivity index (χ4n) is 9.83. The Labute approximate surface area is 319 Å². The molecule has 0 spiro atoms. The lowest BCUT2D eigenvalue weighted by Gasteiger charge is -2.46. The van der Waals surface area contributed by atoms with E-state index >= 15 is 0 Å². The molecule has 3 aliphatic carbocycles. The summed E-state index contributed by atoms with van der Waals surface area (Å²) in [4.78, 5) is 13.1. The van der Waals surface area contributed by atoms with Gasteiger partial charge in [-0.05, 0) is 116 Å². The van der Waals surface area contributed by atoms with Gasteiger partial charge in [0.1, 0.15) is 18.6 Å². The number of methoxy groups -OCH3 is 2. The van der Waals surface area contributed by atoms with Gasteiger partial charge in [-0.1, -0.05) is 93.6 Å².